The number of sulfonamides is 1. The van der Waals surface area contributed by atoms with Crippen molar-refractivity contribution in [2.75, 3.05) is 12.8 Å². The molecule has 0 amide bonds. The highest BCUT2D eigenvalue weighted by Crippen LogP contribution is 2.22. The average molecular weight is 312 g/mol. The molecule has 1 aromatic heterocycles. The van der Waals surface area contributed by atoms with Gasteiger partial charge in [-0.1, -0.05) is 11.6 Å². The van der Waals surface area contributed by atoms with Crippen molar-refractivity contribution in [2.24, 2.45) is 0 Å². The van der Waals surface area contributed by atoms with Gasteiger partial charge in [-0.2, -0.15) is 4.31 Å². The molecule has 1 aromatic carbocycles. The highest BCUT2D eigenvalue weighted by molar-refractivity contribution is 7.89. The van der Waals surface area contributed by atoms with E-state index >= 15 is 0 Å². The van der Waals surface area contributed by atoms with Crippen LogP contribution >= 0.6 is 11.6 Å². The molecular formula is C13H14ClN3O2S. The molecule has 0 unspecified atom stereocenters. The van der Waals surface area contributed by atoms with Crippen molar-refractivity contribution in [3.05, 3.63) is 53.3 Å². The Balaban J connectivity index is 2.28. The molecule has 0 saturated heterocycles. The molecule has 0 saturated carbocycles. The normalized spacial score (nSPS) is 11.8. The molecular weight excluding hydrogens is 298 g/mol. The van der Waals surface area contributed by atoms with E-state index in [-0.39, 0.29) is 11.4 Å². The molecule has 1 heterocycles. The summed E-state index contributed by atoms with van der Waals surface area (Å²) < 4.78 is 25.9. The lowest BCUT2D eigenvalue weighted by Gasteiger charge is -2.18. The summed E-state index contributed by atoms with van der Waals surface area (Å²) in [6.45, 7) is 0.140. The van der Waals surface area contributed by atoms with Gasteiger partial charge in [0.1, 0.15) is 4.90 Å². The van der Waals surface area contributed by atoms with Crippen LogP contribution in [-0.2, 0) is 16.6 Å². The van der Waals surface area contributed by atoms with E-state index < -0.39 is 10.0 Å². The average Bonchev–Trinajstić information content (AvgIpc) is 2.43. The molecule has 0 spiro atoms. The number of nitrogens with two attached hydrogens (primary N) is 1. The number of pyridine rings is 1. The first-order chi connectivity index (χ1) is 9.41. The molecule has 7 heteroatoms. The molecule has 2 aromatic rings. The Hall–Kier alpha value is -1.63. The topological polar surface area (TPSA) is 76.3 Å². The van der Waals surface area contributed by atoms with Crippen molar-refractivity contribution in [2.45, 2.75) is 11.4 Å². The lowest BCUT2D eigenvalue weighted by Crippen LogP contribution is -2.26. The second kappa shape index (κ2) is 5.78. The van der Waals surface area contributed by atoms with Crippen LogP contribution in [0.25, 0.3) is 0 Å². The van der Waals surface area contributed by atoms with E-state index in [9.17, 15) is 8.42 Å². The first-order valence-corrected chi connectivity index (χ1v) is 7.63. The summed E-state index contributed by atoms with van der Waals surface area (Å²) in [6, 6.07) is 8.06. The zero-order chi connectivity index (χ0) is 14.8. The van der Waals surface area contributed by atoms with E-state index in [1.807, 2.05) is 0 Å². The first kappa shape index (κ1) is 14.8. The standard InChI is InChI=1S/C13H14ClN3O2S/c1-17(9-10-7-11(15)4-5-13(10)14)20(18,19)12-3-2-6-16-8-12/h2-8H,9,15H2,1H3. The van der Waals surface area contributed by atoms with Crippen LogP contribution in [0.2, 0.25) is 5.02 Å². The predicted molar refractivity (Wildman–Crippen MR) is 78.8 cm³/mol. The summed E-state index contributed by atoms with van der Waals surface area (Å²) in [4.78, 5) is 3.96. The van der Waals surface area contributed by atoms with E-state index in [2.05, 4.69) is 4.98 Å². The van der Waals surface area contributed by atoms with Crippen LogP contribution in [0, 0.1) is 0 Å². The maximum atomic E-state index is 12.3. The minimum Gasteiger partial charge on any atom is -0.399 e. The quantitative estimate of drug-likeness (QED) is 0.878. The van der Waals surface area contributed by atoms with Crippen molar-refractivity contribution in [1.29, 1.82) is 0 Å². The Labute approximate surface area is 123 Å². The summed E-state index contributed by atoms with van der Waals surface area (Å²) >= 11 is 6.05. The predicted octanol–water partition coefficient (Wildman–Crippen LogP) is 2.14. The third-order valence-electron chi connectivity index (χ3n) is 2.81. The van der Waals surface area contributed by atoms with E-state index in [0.717, 1.165) is 0 Å². The van der Waals surface area contributed by atoms with Gasteiger partial charge in [-0.3, -0.25) is 4.98 Å². The maximum absolute atomic E-state index is 12.3. The van der Waals surface area contributed by atoms with E-state index in [1.54, 1.807) is 24.3 Å². The maximum Gasteiger partial charge on any atom is 0.244 e. The SMILES string of the molecule is CN(Cc1cc(N)ccc1Cl)S(=O)(=O)c1cccnc1. The van der Waals surface area contributed by atoms with Crippen LogP contribution in [0.5, 0.6) is 0 Å². The molecule has 2 N–H and O–H groups in total. The zero-order valence-electron chi connectivity index (χ0n) is 10.8. The number of hydrogen-bond donors (Lipinski definition) is 1. The largest absolute Gasteiger partial charge is 0.399 e. The molecule has 20 heavy (non-hydrogen) atoms. The number of hydrogen-bond acceptors (Lipinski definition) is 4. The monoisotopic (exact) mass is 311 g/mol. The second-order valence-corrected chi connectivity index (χ2v) is 6.75. The van der Waals surface area contributed by atoms with E-state index in [0.29, 0.717) is 16.3 Å². The van der Waals surface area contributed by atoms with Crippen LogP contribution in [0.15, 0.2) is 47.6 Å². The summed E-state index contributed by atoms with van der Waals surface area (Å²) in [5, 5.41) is 0.479. The highest BCUT2D eigenvalue weighted by Gasteiger charge is 2.21. The van der Waals surface area contributed by atoms with Crippen LogP contribution in [0.1, 0.15) is 5.56 Å². The molecule has 0 bridgehead atoms. The van der Waals surface area contributed by atoms with Crippen molar-refractivity contribution in [3.63, 3.8) is 0 Å². The summed E-state index contributed by atoms with van der Waals surface area (Å²) in [7, 11) is -2.11. The molecule has 106 valence electrons. The Bertz CT molecular complexity index is 705. The lowest BCUT2D eigenvalue weighted by molar-refractivity contribution is 0.466. The van der Waals surface area contributed by atoms with Gasteiger partial charge in [0, 0.05) is 36.7 Å². The molecule has 0 aliphatic rings. The molecule has 0 aliphatic carbocycles. The molecule has 0 atom stereocenters. The number of aromatic nitrogens is 1. The van der Waals surface area contributed by atoms with Gasteiger partial charge in [-0.25, -0.2) is 8.42 Å². The number of benzene rings is 1. The smallest absolute Gasteiger partial charge is 0.244 e. The van der Waals surface area contributed by atoms with Crippen molar-refractivity contribution in [3.8, 4) is 0 Å². The van der Waals surface area contributed by atoms with Crippen LogP contribution < -0.4 is 5.73 Å². The van der Waals surface area contributed by atoms with Crippen LogP contribution in [0.3, 0.4) is 0 Å². The minimum absolute atomic E-state index is 0.140. The minimum atomic E-state index is -3.60. The van der Waals surface area contributed by atoms with Crippen molar-refractivity contribution in [1.82, 2.24) is 9.29 Å². The Kier molecular flexibility index (Phi) is 4.27. The fraction of sp³-hybridized carbons (Fsp3) is 0.154. The van der Waals surface area contributed by atoms with Gasteiger partial charge in [0.25, 0.3) is 0 Å². The van der Waals surface area contributed by atoms with Gasteiger partial charge in [-0.05, 0) is 35.9 Å². The van der Waals surface area contributed by atoms with E-state index in [4.69, 9.17) is 17.3 Å². The van der Waals surface area contributed by atoms with Gasteiger partial charge in [-0.15, -0.1) is 0 Å². The number of anilines is 1. The molecule has 0 aliphatic heterocycles. The van der Waals surface area contributed by atoms with E-state index in [1.165, 1.54) is 29.8 Å². The molecule has 0 fully saturated rings. The number of halogens is 1. The molecule has 5 nitrogen and oxygen atoms in total. The second-order valence-electron chi connectivity index (χ2n) is 4.30. The Morgan fingerprint density at radius 3 is 2.75 bits per heavy atom. The summed E-state index contributed by atoms with van der Waals surface area (Å²) in [5.74, 6) is 0. The number of nitrogen functional groups attached to an aromatic ring is 1. The highest BCUT2D eigenvalue weighted by atomic mass is 35.5. The lowest BCUT2D eigenvalue weighted by atomic mass is 10.2. The number of nitrogens with zero attached hydrogens (tertiary/aromatic N) is 2. The summed E-state index contributed by atoms with van der Waals surface area (Å²) in [6.07, 6.45) is 2.83. The third kappa shape index (κ3) is 3.09. The van der Waals surface area contributed by atoms with Gasteiger partial charge in [0.2, 0.25) is 10.0 Å². The van der Waals surface area contributed by atoms with Crippen molar-refractivity contribution >= 4 is 27.3 Å². The fourth-order valence-corrected chi connectivity index (χ4v) is 3.01. The zero-order valence-corrected chi connectivity index (χ0v) is 12.4. The van der Waals surface area contributed by atoms with Gasteiger partial charge in [0.15, 0.2) is 0 Å². The van der Waals surface area contributed by atoms with Gasteiger partial charge in [0.05, 0.1) is 0 Å². The first-order valence-electron chi connectivity index (χ1n) is 5.81. The molecule has 0 radical (unpaired) electrons. The van der Waals surface area contributed by atoms with Crippen LogP contribution in [0.4, 0.5) is 5.69 Å². The van der Waals surface area contributed by atoms with Crippen LogP contribution in [-0.4, -0.2) is 24.8 Å². The van der Waals surface area contributed by atoms with Crippen molar-refractivity contribution < 1.29 is 8.42 Å². The Morgan fingerprint density at radius 2 is 2.10 bits per heavy atom. The Morgan fingerprint density at radius 1 is 1.35 bits per heavy atom. The fourth-order valence-electron chi connectivity index (χ4n) is 1.72. The molecule has 2 rings (SSSR count). The third-order valence-corrected chi connectivity index (χ3v) is 4.96. The summed E-state index contributed by atoms with van der Waals surface area (Å²) in [5.41, 5.74) is 6.88. The van der Waals surface area contributed by atoms with Gasteiger partial charge >= 0.3 is 0 Å². The number of rotatable bonds is 4. The van der Waals surface area contributed by atoms with Gasteiger partial charge < -0.3 is 5.73 Å².